The van der Waals surface area contributed by atoms with Crippen LogP contribution in [0.25, 0.3) is 0 Å². The lowest BCUT2D eigenvalue weighted by molar-refractivity contribution is -0.120. The highest BCUT2D eigenvalue weighted by Gasteiger charge is 2.24. The fraction of sp³-hybridized carbons (Fsp3) is 0.632. The van der Waals surface area contributed by atoms with Crippen molar-refractivity contribution in [3.8, 4) is 0 Å². The average Bonchev–Trinajstić information content (AvgIpc) is 2.75. The molecular formula is C19H27NO3. The average molecular weight is 317 g/mol. The molecule has 3 rings (SSSR count). The van der Waals surface area contributed by atoms with Crippen LogP contribution >= 0.6 is 0 Å². The first-order chi connectivity index (χ1) is 11.3. The van der Waals surface area contributed by atoms with E-state index in [0.29, 0.717) is 18.9 Å². The lowest BCUT2D eigenvalue weighted by Crippen LogP contribution is -2.33. The van der Waals surface area contributed by atoms with Gasteiger partial charge in [0.15, 0.2) is 0 Å². The Balaban J connectivity index is 1.59. The SMILES string of the molecule is C[C@@H]1CCCN(C(=O)CCOC2CCOCC2)c2ccccc21. The van der Waals surface area contributed by atoms with Crippen molar-refractivity contribution in [2.45, 2.75) is 51.0 Å². The first-order valence-corrected chi connectivity index (χ1v) is 8.84. The van der Waals surface area contributed by atoms with Gasteiger partial charge in [0.25, 0.3) is 0 Å². The minimum Gasteiger partial charge on any atom is -0.381 e. The van der Waals surface area contributed by atoms with E-state index in [1.54, 1.807) is 0 Å². The van der Waals surface area contributed by atoms with Crippen molar-refractivity contribution in [3.63, 3.8) is 0 Å². The molecule has 2 aliphatic rings. The number of carbonyl (C=O) groups excluding carboxylic acids is 1. The zero-order valence-corrected chi connectivity index (χ0v) is 14.0. The molecule has 0 spiro atoms. The van der Waals surface area contributed by atoms with E-state index in [4.69, 9.17) is 9.47 Å². The number of anilines is 1. The molecule has 1 fully saturated rings. The van der Waals surface area contributed by atoms with Gasteiger partial charge in [0.1, 0.15) is 0 Å². The largest absolute Gasteiger partial charge is 0.381 e. The number of para-hydroxylation sites is 1. The Morgan fingerprint density at radius 2 is 2.04 bits per heavy atom. The Morgan fingerprint density at radius 1 is 1.26 bits per heavy atom. The predicted octanol–water partition coefficient (Wildman–Crippen LogP) is 3.50. The van der Waals surface area contributed by atoms with Crippen LogP contribution in [-0.2, 0) is 14.3 Å². The van der Waals surface area contributed by atoms with Crippen LogP contribution in [0.2, 0.25) is 0 Å². The molecule has 0 bridgehead atoms. The van der Waals surface area contributed by atoms with Crippen LogP contribution in [0, 0.1) is 0 Å². The van der Waals surface area contributed by atoms with Crippen LogP contribution in [-0.4, -0.2) is 38.4 Å². The lowest BCUT2D eigenvalue weighted by Gasteiger charge is -2.25. The smallest absolute Gasteiger partial charge is 0.229 e. The second kappa shape index (κ2) is 7.93. The van der Waals surface area contributed by atoms with Gasteiger partial charge in [-0.1, -0.05) is 25.1 Å². The molecule has 0 N–H and O–H groups in total. The minimum atomic E-state index is 0.179. The van der Waals surface area contributed by atoms with Crippen molar-refractivity contribution in [2.75, 3.05) is 31.3 Å². The van der Waals surface area contributed by atoms with Gasteiger partial charge in [0, 0.05) is 25.4 Å². The summed E-state index contributed by atoms with van der Waals surface area (Å²) in [7, 11) is 0. The van der Waals surface area contributed by atoms with Gasteiger partial charge in [-0.05, 0) is 43.2 Å². The van der Waals surface area contributed by atoms with Gasteiger partial charge in [-0.15, -0.1) is 0 Å². The molecule has 1 aromatic carbocycles. The molecule has 1 atom stereocenters. The van der Waals surface area contributed by atoms with Gasteiger partial charge < -0.3 is 14.4 Å². The molecule has 4 nitrogen and oxygen atoms in total. The van der Waals surface area contributed by atoms with Gasteiger partial charge in [-0.2, -0.15) is 0 Å². The second-order valence-electron chi connectivity index (χ2n) is 6.58. The number of hydrogen-bond acceptors (Lipinski definition) is 3. The molecule has 0 radical (unpaired) electrons. The third kappa shape index (κ3) is 4.12. The Kier molecular flexibility index (Phi) is 5.68. The highest BCUT2D eigenvalue weighted by molar-refractivity contribution is 5.94. The van der Waals surface area contributed by atoms with Crippen molar-refractivity contribution in [1.29, 1.82) is 0 Å². The highest BCUT2D eigenvalue weighted by atomic mass is 16.5. The van der Waals surface area contributed by atoms with E-state index >= 15 is 0 Å². The molecule has 2 aliphatic heterocycles. The summed E-state index contributed by atoms with van der Waals surface area (Å²) in [6, 6.07) is 8.33. The summed E-state index contributed by atoms with van der Waals surface area (Å²) in [6.07, 6.45) is 4.80. The van der Waals surface area contributed by atoms with E-state index in [-0.39, 0.29) is 12.0 Å². The molecule has 126 valence electrons. The standard InChI is InChI=1S/C19H27NO3/c1-15-5-4-11-20(18-7-3-2-6-17(15)18)19(21)10-14-23-16-8-12-22-13-9-16/h2-3,6-7,15-16H,4-5,8-14H2,1H3/t15-/m1/s1. The van der Waals surface area contributed by atoms with E-state index in [1.807, 2.05) is 11.0 Å². The molecule has 0 unspecified atom stereocenters. The predicted molar refractivity (Wildman–Crippen MR) is 90.9 cm³/mol. The number of ether oxygens (including phenoxy) is 2. The first kappa shape index (κ1) is 16.5. The number of carbonyl (C=O) groups is 1. The van der Waals surface area contributed by atoms with Crippen molar-refractivity contribution in [1.82, 2.24) is 0 Å². The number of fused-ring (bicyclic) bond motifs is 1. The Labute approximate surface area is 138 Å². The van der Waals surface area contributed by atoms with Crippen LogP contribution in [0.1, 0.15) is 50.5 Å². The third-order valence-corrected chi connectivity index (χ3v) is 4.92. The molecule has 2 heterocycles. The van der Waals surface area contributed by atoms with E-state index in [9.17, 15) is 4.79 Å². The first-order valence-electron chi connectivity index (χ1n) is 8.84. The van der Waals surface area contributed by atoms with Crippen LogP contribution in [0.3, 0.4) is 0 Å². The van der Waals surface area contributed by atoms with Gasteiger partial charge >= 0.3 is 0 Å². The van der Waals surface area contributed by atoms with Gasteiger partial charge in [0.05, 0.1) is 19.1 Å². The van der Waals surface area contributed by atoms with Gasteiger partial charge in [-0.25, -0.2) is 0 Å². The molecule has 0 aliphatic carbocycles. The van der Waals surface area contributed by atoms with Crippen LogP contribution in [0.15, 0.2) is 24.3 Å². The maximum atomic E-state index is 12.7. The van der Waals surface area contributed by atoms with Crippen LogP contribution in [0.4, 0.5) is 5.69 Å². The van der Waals surface area contributed by atoms with E-state index in [2.05, 4.69) is 25.1 Å². The maximum Gasteiger partial charge on any atom is 0.229 e. The minimum absolute atomic E-state index is 0.179. The molecule has 4 heteroatoms. The van der Waals surface area contributed by atoms with E-state index in [1.165, 1.54) is 5.56 Å². The number of amides is 1. The summed E-state index contributed by atoms with van der Waals surface area (Å²) in [5, 5.41) is 0. The number of benzene rings is 1. The zero-order chi connectivity index (χ0) is 16.1. The quantitative estimate of drug-likeness (QED) is 0.853. The van der Waals surface area contributed by atoms with Gasteiger partial charge in [0.2, 0.25) is 5.91 Å². The normalized spacial score (nSPS) is 22.5. The highest BCUT2D eigenvalue weighted by Crippen LogP contribution is 2.34. The molecule has 1 aromatic rings. The van der Waals surface area contributed by atoms with Gasteiger partial charge in [-0.3, -0.25) is 4.79 Å². The molecule has 1 saturated heterocycles. The Morgan fingerprint density at radius 3 is 2.87 bits per heavy atom. The van der Waals surface area contributed by atoms with Crippen LogP contribution in [0.5, 0.6) is 0 Å². The van der Waals surface area contributed by atoms with Crippen molar-refractivity contribution < 1.29 is 14.3 Å². The summed E-state index contributed by atoms with van der Waals surface area (Å²) >= 11 is 0. The monoisotopic (exact) mass is 317 g/mol. The third-order valence-electron chi connectivity index (χ3n) is 4.92. The second-order valence-corrected chi connectivity index (χ2v) is 6.58. The van der Waals surface area contributed by atoms with Crippen LogP contribution < -0.4 is 4.90 Å². The topological polar surface area (TPSA) is 38.8 Å². The van der Waals surface area contributed by atoms with E-state index in [0.717, 1.165) is 51.1 Å². The molecule has 23 heavy (non-hydrogen) atoms. The molecule has 0 aromatic heterocycles. The summed E-state index contributed by atoms with van der Waals surface area (Å²) < 4.78 is 11.2. The van der Waals surface area contributed by atoms with Crippen molar-refractivity contribution in [2.24, 2.45) is 0 Å². The summed E-state index contributed by atoms with van der Waals surface area (Å²) in [5.74, 6) is 0.695. The molecule has 0 saturated carbocycles. The Hall–Kier alpha value is -1.39. The number of nitrogens with zero attached hydrogens (tertiary/aromatic N) is 1. The number of hydrogen-bond donors (Lipinski definition) is 0. The fourth-order valence-electron chi connectivity index (χ4n) is 3.53. The van der Waals surface area contributed by atoms with Crippen molar-refractivity contribution >= 4 is 11.6 Å². The zero-order valence-electron chi connectivity index (χ0n) is 14.0. The Bertz CT molecular complexity index is 525. The summed E-state index contributed by atoms with van der Waals surface area (Å²) in [6.45, 7) is 5.13. The summed E-state index contributed by atoms with van der Waals surface area (Å²) in [4.78, 5) is 14.6. The maximum absolute atomic E-state index is 12.7. The molecule has 1 amide bonds. The molecular weight excluding hydrogens is 290 g/mol. The summed E-state index contributed by atoms with van der Waals surface area (Å²) in [5.41, 5.74) is 2.39. The lowest BCUT2D eigenvalue weighted by atomic mass is 9.96. The number of rotatable bonds is 4. The van der Waals surface area contributed by atoms with Crippen molar-refractivity contribution in [3.05, 3.63) is 29.8 Å². The van der Waals surface area contributed by atoms with E-state index < -0.39 is 0 Å². The fourth-order valence-corrected chi connectivity index (χ4v) is 3.53.